The maximum absolute atomic E-state index is 14.6. The van der Waals surface area contributed by atoms with E-state index in [-0.39, 0.29) is 54.8 Å². The maximum Gasteiger partial charge on any atom is 0.328 e. The Balaban J connectivity index is 0.00000160. The molecule has 2 aromatic rings. The zero-order valence-corrected chi connectivity index (χ0v) is 17.8. The van der Waals surface area contributed by atoms with Gasteiger partial charge < -0.3 is 20.5 Å². The highest BCUT2D eigenvalue weighted by Crippen LogP contribution is 2.36. The summed E-state index contributed by atoms with van der Waals surface area (Å²) in [6.45, 7) is 2.52. The van der Waals surface area contributed by atoms with Crippen molar-refractivity contribution in [3.05, 3.63) is 46.0 Å². The highest BCUT2D eigenvalue weighted by molar-refractivity contribution is 5.96. The van der Waals surface area contributed by atoms with E-state index in [1.807, 2.05) is 0 Å². The van der Waals surface area contributed by atoms with Crippen molar-refractivity contribution in [2.75, 3.05) is 26.2 Å². The number of nitrogens with zero attached hydrogens (tertiary/aromatic N) is 2. The molecule has 3 heterocycles. The Labute approximate surface area is 185 Å². The van der Waals surface area contributed by atoms with Gasteiger partial charge in [-0.25, -0.2) is 9.18 Å². The summed E-state index contributed by atoms with van der Waals surface area (Å²) in [6.07, 6.45) is 4.09. The van der Waals surface area contributed by atoms with Crippen LogP contribution in [0.15, 0.2) is 29.1 Å². The predicted molar refractivity (Wildman–Crippen MR) is 118 cm³/mol. The monoisotopic (exact) mass is 459 g/mol. The Bertz CT molecular complexity index is 1020. The first-order chi connectivity index (χ1) is 13.4. The summed E-state index contributed by atoms with van der Waals surface area (Å²) in [6, 6.07) is 4.22. The standard InChI is InChI=1S/C20H22FN3O4.2ClH/c21-16-9-12(1-4-18(26)27)15-2-3-17(25)24-14(11-28-20(16)19(15)24)10-23-7-5-13(22)6-8-23;;/h1-4,9,13-14H,5-8,10-11,22H2,(H,26,27);2*1H/t14-;;/m1../s1. The smallest absolute Gasteiger partial charge is 0.328 e. The van der Waals surface area contributed by atoms with Crippen molar-refractivity contribution in [1.82, 2.24) is 9.47 Å². The van der Waals surface area contributed by atoms with Crippen LogP contribution in [0.1, 0.15) is 24.4 Å². The number of halogens is 3. The second-order valence-corrected chi connectivity index (χ2v) is 7.36. The summed E-state index contributed by atoms with van der Waals surface area (Å²) in [5, 5.41) is 9.48. The van der Waals surface area contributed by atoms with Crippen LogP contribution in [0.25, 0.3) is 17.0 Å². The third kappa shape index (κ3) is 4.62. The largest absolute Gasteiger partial charge is 0.486 e. The second-order valence-electron chi connectivity index (χ2n) is 7.36. The molecule has 30 heavy (non-hydrogen) atoms. The molecule has 1 atom stereocenters. The molecule has 2 aliphatic heterocycles. The number of carboxylic acids is 1. The van der Waals surface area contributed by atoms with E-state index < -0.39 is 11.8 Å². The third-order valence-electron chi connectivity index (χ3n) is 5.44. The number of hydrogen-bond donors (Lipinski definition) is 2. The van der Waals surface area contributed by atoms with E-state index in [1.54, 1.807) is 10.6 Å². The van der Waals surface area contributed by atoms with Crippen LogP contribution in [0.2, 0.25) is 0 Å². The zero-order chi connectivity index (χ0) is 19.8. The number of nitrogens with two attached hydrogens (primary N) is 1. The number of hydrogen-bond acceptors (Lipinski definition) is 5. The zero-order valence-electron chi connectivity index (χ0n) is 16.1. The number of benzene rings is 1. The van der Waals surface area contributed by atoms with Gasteiger partial charge in [0.05, 0.1) is 11.6 Å². The Morgan fingerprint density at radius 1 is 1.30 bits per heavy atom. The maximum atomic E-state index is 14.6. The highest BCUT2D eigenvalue weighted by atomic mass is 35.5. The molecule has 0 unspecified atom stereocenters. The van der Waals surface area contributed by atoms with Crippen LogP contribution in [-0.2, 0) is 4.79 Å². The molecule has 7 nitrogen and oxygen atoms in total. The van der Waals surface area contributed by atoms with Crippen LogP contribution in [0.5, 0.6) is 5.75 Å². The molecule has 3 N–H and O–H groups in total. The summed E-state index contributed by atoms with van der Waals surface area (Å²) in [7, 11) is 0. The van der Waals surface area contributed by atoms with Crippen molar-refractivity contribution in [3.8, 4) is 5.75 Å². The van der Waals surface area contributed by atoms with Gasteiger partial charge in [-0.05, 0) is 49.7 Å². The second kappa shape index (κ2) is 9.78. The van der Waals surface area contributed by atoms with Crippen molar-refractivity contribution in [1.29, 1.82) is 0 Å². The lowest BCUT2D eigenvalue weighted by Gasteiger charge is -2.35. The van der Waals surface area contributed by atoms with Crippen molar-refractivity contribution in [2.24, 2.45) is 5.73 Å². The Morgan fingerprint density at radius 3 is 2.67 bits per heavy atom. The molecule has 164 valence electrons. The van der Waals surface area contributed by atoms with E-state index in [1.165, 1.54) is 18.2 Å². The molecule has 1 aromatic heterocycles. The summed E-state index contributed by atoms with van der Waals surface area (Å²) >= 11 is 0. The molecule has 2 aliphatic rings. The van der Waals surface area contributed by atoms with Gasteiger partial charge in [0.1, 0.15) is 6.61 Å². The van der Waals surface area contributed by atoms with Crippen LogP contribution in [0, 0.1) is 5.82 Å². The molecule has 1 fully saturated rings. The van der Waals surface area contributed by atoms with Gasteiger partial charge in [0.2, 0.25) is 0 Å². The summed E-state index contributed by atoms with van der Waals surface area (Å²) in [5.74, 6) is -1.70. The minimum Gasteiger partial charge on any atom is -0.486 e. The Morgan fingerprint density at radius 2 is 2.00 bits per heavy atom. The lowest BCUT2D eigenvalue weighted by molar-refractivity contribution is -0.131. The van der Waals surface area contributed by atoms with E-state index in [4.69, 9.17) is 15.6 Å². The molecule has 1 aromatic carbocycles. The van der Waals surface area contributed by atoms with Crippen molar-refractivity contribution in [3.63, 3.8) is 0 Å². The summed E-state index contributed by atoms with van der Waals surface area (Å²) in [5.41, 5.74) is 6.51. The molecule has 0 aliphatic carbocycles. The quantitative estimate of drug-likeness (QED) is 0.681. The molecular weight excluding hydrogens is 436 g/mol. The van der Waals surface area contributed by atoms with Gasteiger partial charge in [-0.15, -0.1) is 24.8 Å². The molecule has 0 spiro atoms. The number of rotatable bonds is 4. The fourth-order valence-corrected chi connectivity index (χ4v) is 4.03. The summed E-state index contributed by atoms with van der Waals surface area (Å²) in [4.78, 5) is 25.8. The average molecular weight is 460 g/mol. The predicted octanol–water partition coefficient (Wildman–Crippen LogP) is 2.44. The van der Waals surface area contributed by atoms with Crippen LogP contribution >= 0.6 is 24.8 Å². The first kappa shape index (κ1) is 24.1. The van der Waals surface area contributed by atoms with Crippen molar-refractivity contribution >= 4 is 47.8 Å². The van der Waals surface area contributed by atoms with Crippen LogP contribution in [0.4, 0.5) is 4.39 Å². The molecule has 10 heteroatoms. The molecule has 0 radical (unpaired) electrons. The van der Waals surface area contributed by atoms with Gasteiger partial charge in [0.15, 0.2) is 11.6 Å². The van der Waals surface area contributed by atoms with Crippen LogP contribution in [0.3, 0.4) is 0 Å². The van der Waals surface area contributed by atoms with Gasteiger partial charge >= 0.3 is 5.97 Å². The number of ether oxygens (including phenoxy) is 1. The minimum atomic E-state index is -1.13. The minimum absolute atomic E-state index is 0. The Kier molecular flexibility index (Phi) is 7.87. The van der Waals surface area contributed by atoms with Gasteiger partial charge in [-0.2, -0.15) is 0 Å². The van der Waals surface area contributed by atoms with Gasteiger partial charge in [0.25, 0.3) is 5.56 Å². The van der Waals surface area contributed by atoms with E-state index in [0.29, 0.717) is 23.0 Å². The molecular formula is C20H24Cl2FN3O4. The third-order valence-corrected chi connectivity index (χ3v) is 5.44. The molecule has 0 amide bonds. The van der Waals surface area contributed by atoms with Gasteiger partial charge in [-0.3, -0.25) is 9.36 Å². The lowest BCUT2D eigenvalue weighted by atomic mass is 10.0. The fourth-order valence-electron chi connectivity index (χ4n) is 4.03. The molecule has 0 saturated carbocycles. The number of aliphatic carboxylic acids is 1. The number of pyridine rings is 1. The van der Waals surface area contributed by atoms with Crippen LogP contribution < -0.4 is 16.0 Å². The normalized spacial score (nSPS) is 19.2. The molecule has 1 saturated heterocycles. The van der Waals surface area contributed by atoms with E-state index >= 15 is 0 Å². The highest BCUT2D eigenvalue weighted by Gasteiger charge is 2.29. The number of carboxylic acid groups (broad SMARTS) is 1. The van der Waals surface area contributed by atoms with Crippen molar-refractivity contribution in [2.45, 2.75) is 24.9 Å². The fraction of sp³-hybridized carbons (Fsp3) is 0.400. The van der Waals surface area contributed by atoms with E-state index in [0.717, 1.165) is 32.0 Å². The van der Waals surface area contributed by atoms with E-state index in [2.05, 4.69) is 4.90 Å². The first-order valence-corrected chi connectivity index (χ1v) is 9.33. The number of aromatic nitrogens is 1. The molecule has 0 bridgehead atoms. The van der Waals surface area contributed by atoms with Gasteiger partial charge in [-0.1, -0.05) is 0 Å². The topological polar surface area (TPSA) is 97.8 Å². The first-order valence-electron chi connectivity index (χ1n) is 9.33. The number of piperidine rings is 1. The average Bonchev–Trinajstić information content (AvgIpc) is 2.67. The SMILES string of the molecule is Cl.Cl.NC1CCN(C[C@@H]2COc3c(F)cc(C=CC(=O)O)c4ccc(=O)n2c34)CC1. The number of likely N-dealkylation sites (tertiary alicyclic amines) is 1. The molecule has 4 rings (SSSR count). The number of carbonyl (C=O) groups is 1. The van der Waals surface area contributed by atoms with Gasteiger partial charge in [0, 0.05) is 30.1 Å². The van der Waals surface area contributed by atoms with Crippen molar-refractivity contribution < 1.29 is 19.0 Å². The Hall–Kier alpha value is -2.13. The van der Waals surface area contributed by atoms with E-state index in [9.17, 15) is 14.0 Å². The lowest BCUT2D eigenvalue weighted by Crippen LogP contribution is -2.45. The summed E-state index contributed by atoms with van der Waals surface area (Å²) < 4.78 is 21.9. The van der Waals surface area contributed by atoms with Crippen LogP contribution in [-0.4, -0.2) is 52.8 Å².